The van der Waals surface area contributed by atoms with Gasteiger partial charge in [-0.05, 0) is 51.3 Å². The number of nitrogens with one attached hydrogen (secondary N) is 2. The Kier molecular flexibility index (Phi) is 5.06. The van der Waals surface area contributed by atoms with E-state index in [1.54, 1.807) is 24.3 Å². The van der Waals surface area contributed by atoms with Gasteiger partial charge in [0.05, 0.1) is 21.5 Å². The molecule has 0 aliphatic heterocycles. The van der Waals surface area contributed by atoms with Crippen LogP contribution in [0.4, 0.5) is 0 Å². The molecule has 6 heteroatoms. The van der Waals surface area contributed by atoms with Gasteiger partial charge < -0.3 is 15.2 Å². The SMILES string of the molecule is CN(C)CCCNC(=O)c1ccc2[nH]c3ccccc3c(=O)c2c1Cl. The molecule has 0 aliphatic rings. The molecule has 0 radical (unpaired) electrons. The van der Waals surface area contributed by atoms with Crippen LogP contribution in [0.5, 0.6) is 0 Å². The van der Waals surface area contributed by atoms with E-state index in [-0.39, 0.29) is 16.4 Å². The van der Waals surface area contributed by atoms with Crippen molar-refractivity contribution in [3.05, 3.63) is 57.2 Å². The summed E-state index contributed by atoms with van der Waals surface area (Å²) in [6, 6.07) is 10.6. The molecule has 3 rings (SSSR count). The first kappa shape index (κ1) is 17.5. The third-order valence-electron chi connectivity index (χ3n) is 4.12. The summed E-state index contributed by atoms with van der Waals surface area (Å²) in [4.78, 5) is 30.4. The summed E-state index contributed by atoms with van der Waals surface area (Å²) >= 11 is 6.42. The van der Waals surface area contributed by atoms with Crippen LogP contribution in [0.3, 0.4) is 0 Å². The number of carbonyl (C=O) groups is 1. The number of hydrogen-bond acceptors (Lipinski definition) is 3. The molecule has 0 aliphatic carbocycles. The van der Waals surface area contributed by atoms with Gasteiger partial charge in [0, 0.05) is 17.4 Å². The number of fused-ring (bicyclic) bond motifs is 2. The predicted octanol–water partition coefficient (Wildman–Crippen LogP) is 3.02. The fourth-order valence-electron chi connectivity index (χ4n) is 2.84. The first-order valence-electron chi connectivity index (χ1n) is 8.15. The molecule has 0 spiro atoms. The molecule has 1 aromatic heterocycles. The van der Waals surface area contributed by atoms with Crippen molar-refractivity contribution in [1.29, 1.82) is 0 Å². The van der Waals surface area contributed by atoms with Crippen molar-refractivity contribution in [2.45, 2.75) is 6.42 Å². The lowest BCUT2D eigenvalue weighted by molar-refractivity contribution is 0.0952. The molecule has 0 saturated carbocycles. The molecule has 0 saturated heterocycles. The Morgan fingerprint density at radius 2 is 1.92 bits per heavy atom. The molecule has 0 atom stereocenters. The molecular formula is C19H20ClN3O2. The van der Waals surface area contributed by atoms with Gasteiger partial charge in [-0.2, -0.15) is 0 Å². The second-order valence-corrected chi connectivity index (χ2v) is 6.64. The monoisotopic (exact) mass is 357 g/mol. The Hall–Kier alpha value is -2.37. The van der Waals surface area contributed by atoms with Crippen LogP contribution >= 0.6 is 11.6 Å². The molecule has 0 fully saturated rings. The van der Waals surface area contributed by atoms with Crippen molar-refractivity contribution < 1.29 is 4.79 Å². The van der Waals surface area contributed by atoms with Crippen LogP contribution < -0.4 is 10.7 Å². The zero-order valence-electron chi connectivity index (χ0n) is 14.2. The van der Waals surface area contributed by atoms with E-state index in [1.165, 1.54) is 0 Å². The van der Waals surface area contributed by atoms with E-state index >= 15 is 0 Å². The van der Waals surface area contributed by atoms with Gasteiger partial charge >= 0.3 is 0 Å². The van der Waals surface area contributed by atoms with E-state index in [9.17, 15) is 9.59 Å². The summed E-state index contributed by atoms with van der Waals surface area (Å²) < 4.78 is 0. The average Bonchev–Trinajstić information content (AvgIpc) is 2.58. The van der Waals surface area contributed by atoms with Gasteiger partial charge in [-0.3, -0.25) is 9.59 Å². The van der Waals surface area contributed by atoms with Gasteiger partial charge in [-0.15, -0.1) is 0 Å². The lowest BCUT2D eigenvalue weighted by atomic mass is 10.1. The Labute approximate surface area is 150 Å². The van der Waals surface area contributed by atoms with Crippen LogP contribution in [0.1, 0.15) is 16.8 Å². The smallest absolute Gasteiger partial charge is 0.252 e. The number of benzene rings is 2. The second-order valence-electron chi connectivity index (χ2n) is 6.26. The molecule has 2 aromatic carbocycles. The van der Waals surface area contributed by atoms with Crippen LogP contribution in [0, 0.1) is 0 Å². The standard InChI is InChI=1S/C19H20ClN3O2/c1-23(2)11-5-10-21-19(25)13-8-9-15-16(17(13)20)18(24)12-6-3-4-7-14(12)22-15/h3-4,6-9H,5,10-11H2,1-2H3,(H,21,25)(H,22,24). The molecule has 1 amide bonds. The molecule has 5 nitrogen and oxygen atoms in total. The summed E-state index contributed by atoms with van der Waals surface area (Å²) in [6.45, 7) is 1.44. The molecule has 2 N–H and O–H groups in total. The number of amides is 1. The maximum absolute atomic E-state index is 12.8. The van der Waals surface area contributed by atoms with Gasteiger partial charge in [0.15, 0.2) is 5.43 Å². The topological polar surface area (TPSA) is 65.2 Å². The van der Waals surface area contributed by atoms with E-state index in [1.807, 2.05) is 26.2 Å². The van der Waals surface area contributed by atoms with Gasteiger partial charge in [0.2, 0.25) is 0 Å². The molecule has 3 aromatic rings. The van der Waals surface area contributed by atoms with E-state index in [0.717, 1.165) is 18.5 Å². The van der Waals surface area contributed by atoms with E-state index in [0.29, 0.717) is 28.4 Å². The molecule has 130 valence electrons. The third-order valence-corrected chi connectivity index (χ3v) is 4.51. The molecular weight excluding hydrogens is 338 g/mol. The first-order chi connectivity index (χ1) is 12.0. The van der Waals surface area contributed by atoms with Crippen molar-refractivity contribution in [2.75, 3.05) is 27.2 Å². The minimum Gasteiger partial charge on any atom is -0.354 e. The number of nitrogens with zero attached hydrogens (tertiary/aromatic N) is 1. The predicted molar refractivity (Wildman–Crippen MR) is 103 cm³/mol. The lowest BCUT2D eigenvalue weighted by Crippen LogP contribution is -2.27. The largest absolute Gasteiger partial charge is 0.354 e. The second kappa shape index (κ2) is 7.25. The molecule has 1 heterocycles. The van der Waals surface area contributed by atoms with Gasteiger partial charge in [0.1, 0.15) is 0 Å². The average molecular weight is 358 g/mol. The van der Waals surface area contributed by atoms with Gasteiger partial charge in [-0.1, -0.05) is 23.7 Å². The maximum Gasteiger partial charge on any atom is 0.252 e. The van der Waals surface area contributed by atoms with Crippen molar-refractivity contribution >= 4 is 39.3 Å². The number of aromatic nitrogens is 1. The molecule has 25 heavy (non-hydrogen) atoms. The molecule has 0 bridgehead atoms. The van der Waals surface area contributed by atoms with Crippen LogP contribution in [0.2, 0.25) is 5.02 Å². The Morgan fingerprint density at radius 3 is 2.68 bits per heavy atom. The number of pyridine rings is 1. The number of aromatic amines is 1. The van der Waals surface area contributed by atoms with E-state index in [2.05, 4.69) is 15.2 Å². The number of hydrogen-bond donors (Lipinski definition) is 2. The van der Waals surface area contributed by atoms with Crippen molar-refractivity contribution in [3.63, 3.8) is 0 Å². The van der Waals surface area contributed by atoms with Crippen LogP contribution in [-0.2, 0) is 0 Å². The van der Waals surface area contributed by atoms with Gasteiger partial charge in [0.25, 0.3) is 5.91 Å². The van der Waals surface area contributed by atoms with Crippen molar-refractivity contribution in [2.24, 2.45) is 0 Å². The fourth-order valence-corrected chi connectivity index (χ4v) is 3.18. The van der Waals surface area contributed by atoms with E-state index < -0.39 is 0 Å². The summed E-state index contributed by atoms with van der Waals surface area (Å²) in [5.41, 5.74) is 1.52. The Bertz CT molecular complexity index is 995. The number of rotatable bonds is 5. The van der Waals surface area contributed by atoms with Crippen LogP contribution in [0.25, 0.3) is 21.8 Å². The van der Waals surface area contributed by atoms with Crippen molar-refractivity contribution in [3.8, 4) is 0 Å². The van der Waals surface area contributed by atoms with Crippen molar-refractivity contribution in [1.82, 2.24) is 15.2 Å². The fraction of sp³-hybridized carbons (Fsp3) is 0.263. The number of halogens is 1. The summed E-state index contributed by atoms with van der Waals surface area (Å²) in [5, 5.41) is 3.95. The quantitative estimate of drug-likeness (QED) is 0.545. The van der Waals surface area contributed by atoms with Gasteiger partial charge in [-0.25, -0.2) is 0 Å². The molecule has 0 unspecified atom stereocenters. The zero-order chi connectivity index (χ0) is 18.0. The van der Waals surface area contributed by atoms with Crippen LogP contribution in [0.15, 0.2) is 41.2 Å². The summed E-state index contributed by atoms with van der Waals surface area (Å²) in [5.74, 6) is -0.266. The highest BCUT2D eigenvalue weighted by molar-refractivity contribution is 6.38. The number of para-hydroxylation sites is 1. The minimum atomic E-state index is -0.266. The highest BCUT2D eigenvalue weighted by Crippen LogP contribution is 2.25. The van der Waals surface area contributed by atoms with Crippen LogP contribution in [-0.4, -0.2) is 43.0 Å². The summed E-state index contributed by atoms with van der Waals surface area (Å²) in [6.07, 6.45) is 0.842. The highest BCUT2D eigenvalue weighted by Gasteiger charge is 2.16. The van der Waals surface area contributed by atoms with E-state index in [4.69, 9.17) is 11.6 Å². The summed E-state index contributed by atoms with van der Waals surface area (Å²) in [7, 11) is 3.97. The Morgan fingerprint density at radius 1 is 1.16 bits per heavy atom. The first-order valence-corrected chi connectivity index (χ1v) is 8.53. The normalized spacial score (nSPS) is 11.4. The third kappa shape index (κ3) is 3.52. The number of H-pyrrole nitrogens is 1. The maximum atomic E-state index is 12.8. The highest BCUT2D eigenvalue weighted by atomic mass is 35.5. The number of carbonyl (C=O) groups excluding carboxylic acids is 1. The zero-order valence-corrected chi connectivity index (χ0v) is 15.0. The lowest BCUT2D eigenvalue weighted by Gasteiger charge is -2.11. The minimum absolute atomic E-state index is 0.170. The Balaban J connectivity index is 1.96.